The number of imidazole rings is 1. The third kappa shape index (κ3) is 8.54. The first-order valence-electron chi connectivity index (χ1n) is 35.2. The lowest BCUT2D eigenvalue weighted by Crippen LogP contribution is -2.31. The van der Waals surface area contributed by atoms with Crippen LogP contribution in [0.15, 0.2) is 260 Å². The number of aromatic nitrogens is 4. The smallest absolute Gasteiger partial charge is 0.269 e. The van der Waals surface area contributed by atoms with Crippen LogP contribution in [-0.4, -0.2) is 14.1 Å². The second-order valence-electron chi connectivity index (χ2n) is 18.5. The fourth-order valence-corrected chi connectivity index (χ4v) is 9.28. The zero-order chi connectivity index (χ0) is 70.5. The molecule has 10 aromatic carbocycles. The third-order valence-corrected chi connectivity index (χ3v) is 12.8. The molecule has 0 unspecified atom stereocenters. The highest BCUT2D eigenvalue weighted by Crippen LogP contribution is 2.40. The molecule has 0 bridgehead atoms. The first-order chi connectivity index (χ1) is 46.4. The predicted molar refractivity (Wildman–Crippen MR) is 308 cm³/mol. The van der Waals surface area contributed by atoms with Crippen LogP contribution in [0.4, 0.5) is 0 Å². The van der Waals surface area contributed by atoms with E-state index >= 15 is 0 Å². The number of hydrogen-bond acceptors (Lipinski definition) is 2. The Morgan fingerprint density at radius 2 is 1.07 bits per heavy atom. The molecule has 0 fully saturated rings. The average molecular weight is 988 g/mol. The lowest BCUT2D eigenvalue weighted by molar-refractivity contribution is -0.571. The van der Waals surface area contributed by atoms with Gasteiger partial charge in [0.1, 0.15) is 17.3 Å². The third-order valence-electron chi connectivity index (χ3n) is 12.8. The number of rotatable bonds is 10. The molecule has 358 valence electrons. The monoisotopic (exact) mass is 988 g/mol. The zero-order valence-corrected chi connectivity index (χ0v) is 40.2. The van der Waals surface area contributed by atoms with Crippen LogP contribution in [-0.2, 0) is 5.41 Å². The van der Waals surface area contributed by atoms with Crippen LogP contribution in [0.3, 0.4) is 0 Å². The van der Waals surface area contributed by atoms with E-state index in [0.29, 0.717) is 11.6 Å². The summed E-state index contributed by atoms with van der Waals surface area (Å²) in [6.45, 7) is 6.36. The number of para-hydroxylation sites is 2. The summed E-state index contributed by atoms with van der Waals surface area (Å²) in [5.74, 6) is 1.36. The quantitative estimate of drug-likeness (QED) is 0.101. The van der Waals surface area contributed by atoms with E-state index in [1.54, 1.807) is 30.5 Å². The number of hydrogen-bond donors (Lipinski definition) is 0. The van der Waals surface area contributed by atoms with E-state index < -0.39 is 172 Å². The molecule has 0 radical (unpaired) electrons. The van der Waals surface area contributed by atoms with Crippen molar-refractivity contribution in [3.05, 3.63) is 272 Å². The molecule has 0 atom stereocenters. The number of fused-ring (bicyclic) bond motifs is 4. The van der Waals surface area contributed by atoms with Crippen LogP contribution in [0.1, 0.15) is 57.9 Å². The second-order valence-corrected chi connectivity index (χ2v) is 18.5. The summed E-state index contributed by atoms with van der Waals surface area (Å²) in [4.78, 5) is 4.82. The van der Waals surface area contributed by atoms with Crippen LogP contribution in [0.25, 0.3) is 106 Å². The van der Waals surface area contributed by atoms with Gasteiger partial charge >= 0.3 is 0 Å². The highest BCUT2D eigenvalue weighted by Gasteiger charge is 2.23. The summed E-state index contributed by atoms with van der Waals surface area (Å²) in [5.41, 5.74) is -1.62. The van der Waals surface area contributed by atoms with Gasteiger partial charge in [-0.1, -0.05) is 196 Å². The Kier molecular flexibility index (Phi) is 6.75. The molecule has 13 aromatic rings. The van der Waals surface area contributed by atoms with Gasteiger partial charge < -0.3 is 4.74 Å². The van der Waals surface area contributed by atoms with Crippen molar-refractivity contribution in [3.63, 3.8) is 0 Å². The van der Waals surface area contributed by atoms with E-state index in [1.807, 2.05) is 48.5 Å². The molecule has 0 aliphatic carbocycles. The molecule has 3 aromatic heterocycles. The fraction of sp³-hybridized carbons (Fsp3) is 0.0571. The van der Waals surface area contributed by atoms with E-state index in [9.17, 15) is 12.3 Å². The molecular weight excluding hydrogens is 913 g/mol. The molecule has 13 rings (SSSR count). The van der Waals surface area contributed by atoms with E-state index in [0.717, 1.165) is 27.4 Å². The topological polar surface area (TPSA) is 35.9 Å². The molecule has 5 nitrogen and oxygen atoms in total. The zero-order valence-electron chi connectivity index (χ0n) is 63.2. The molecule has 3 heterocycles. The van der Waals surface area contributed by atoms with Gasteiger partial charge in [-0.25, -0.2) is 4.98 Å². The molecule has 0 aliphatic heterocycles. The minimum Gasteiger partial charge on any atom is -0.458 e. The van der Waals surface area contributed by atoms with Crippen molar-refractivity contribution in [1.82, 2.24) is 14.1 Å². The lowest BCUT2D eigenvalue weighted by atomic mass is 9.88. The molecule has 5 heteroatoms. The normalized spacial score (nSPS) is 16.0. The lowest BCUT2D eigenvalue weighted by Gasteiger charge is -2.20. The maximum absolute atomic E-state index is 10.2. The van der Waals surface area contributed by atoms with E-state index in [-0.39, 0.29) is 55.8 Å². The van der Waals surface area contributed by atoms with Crippen LogP contribution in [0.2, 0.25) is 0 Å². The van der Waals surface area contributed by atoms with E-state index in [1.165, 1.54) is 45.5 Å². The summed E-state index contributed by atoms with van der Waals surface area (Å²) in [6.07, 6.45) is 5.13. The van der Waals surface area contributed by atoms with Crippen molar-refractivity contribution < 1.29 is 40.8 Å². The van der Waals surface area contributed by atoms with Crippen LogP contribution >= 0.6 is 0 Å². The summed E-state index contributed by atoms with van der Waals surface area (Å²) < 4.78 is 220. The van der Waals surface area contributed by atoms with Gasteiger partial charge in [0.25, 0.3) is 6.33 Å². The van der Waals surface area contributed by atoms with Crippen molar-refractivity contribution in [2.24, 2.45) is 0 Å². The number of pyridine rings is 1. The largest absolute Gasteiger partial charge is 0.458 e. The van der Waals surface area contributed by atoms with Gasteiger partial charge in [-0.05, 0) is 139 Å². The van der Waals surface area contributed by atoms with Gasteiger partial charge in [0.15, 0.2) is 0 Å². The molecule has 75 heavy (non-hydrogen) atoms. The Hall–Kier alpha value is -9.58. The molecule has 0 aliphatic rings. The maximum Gasteiger partial charge on any atom is 0.269 e. The van der Waals surface area contributed by atoms with Crippen LogP contribution in [0.5, 0.6) is 11.5 Å². The SMILES string of the molecule is [2H]c1c([2H])c([2H])c(-c2ccc3c(c2)n(-c2cccc(Oc4ccc5c6ccccc6n(-c6cc(C(C)(C)C)ccn6)c5c4)c2)[c-][n+]3-c2c(-c3c([2H])c([2H])c([2H])c([2H])c3[2H])cccc2-c2c([2H])c(-c3c([2H])c([2H])c([2H])c([2H])c3[2H])c([2H])c(-c3c([2H])c([2H])c([2H])c([2H])c3[2H])c2[2H])c([2H])c1[2H]. The van der Waals surface area contributed by atoms with Crippen molar-refractivity contribution in [1.29, 1.82) is 0 Å². The minimum atomic E-state index is -0.938. The molecule has 0 spiro atoms. The van der Waals surface area contributed by atoms with Gasteiger partial charge in [0, 0.05) is 23.0 Å². The van der Waals surface area contributed by atoms with Crippen molar-refractivity contribution in [2.45, 2.75) is 26.2 Å². The van der Waals surface area contributed by atoms with Crippen LogP contribution < -0.4 is 9.30 Å². The van der Waals surface area contributed by atoms with Crippen molar-refractivity contribution in [3.8, 4) is 84.3 Å². The van der Waals surface area contributed by atoms with Gasteiger partial charge in [-0.3, -0.25) is 13.7 Å². The Morgan fingerprint density at radius 1 is 0.480 bits per heavy atom. The summed E-state index contributed by atoms with van der Waals surface area (Å²) in [6, 6.07) is 14.7. The van der Waals surface area contributed by atoms with Crippen LogP contribution in [0, 0.1) is 6.33 Å². The summed E-state index contributed by atoms with van der Waals surface area (Å²) >= 11 is 0. The Labute approximate surface area is 469 Å². The molecule has 0 saturated carbocycles. The number of ether oxygens (including phenoxy) is 1. The van der Waals surface area contributed by atoms with Crippen molar-refractivity contribution in [2.75, 3.05) is 0 Å². The number of nitrogens with zero attached hydrogens (tertiary/aromatic N) is 4. The van der Waals surface area contributed by atoms with Gasteiger partial charge in [-0.15, -0.1) is 0 Å². The minimum absolute atomic E-state index is 0.103. The fourth-order valence-electron chi connectivity index (χ4n) is 9.28. The van der Waals surface area contributed by atoms with Gasteiger partial charge in [-0.2, -0.15) is 0 Å². The molecule has 0 amide bonds. The highest BCUT2D eigenvalue weighted by atomic mass is 16.5. The summed E-state index contributed by atoms with van der Waals surface area (Å²) in [5, 5.41) is 1.89. The average Bonchev–Trinajstić information content (AvgIpc) is 1.06. The maximum atomic E-state index is 10.2. The Bertz CT molecular complexity index is 5450. The Balaban J connectivity index is 1.13. The van der Waals surface area contributed by atoms with E-state index in [2.05, 4.69) is 37.7 Å². The second kappa shape index (κ2) is 18.8. The first-order valence-corrected chi connectivity index (χ1v) is 23.7. The number of benzene rings is 10. The highest BCUT2D eigenvalue weighted by molar-refractivity contribution is 6.09. The molecule has 0 saturated heterocycles. The summed E-state index contributed by atoms with van der Waals surface area (Å²) in [7, 11) is 0. The standard InChI is InChI=1S/C70H52N4O/c1-70(2,3)56-38-39-71-68(44-56)74-64-33-17-16-30-62(64)63-36-35-59(46-66(63)74)75-58-29-18-28-57(45-58)72-47-73(65-37-34-52(43-67(65)72)48-20-8-4-9-21-48)69-60(51-26-14-7-15-27-51)31-19-32-61(69)55-41-53(49-22-10-5-11-23-49)40-54(42-55)50-24-12-6-13-25-50/h4-46H,1-3H3/i4D,5D,6D,7D,8D,9D,10D,11D,12D,13D,14D,15D,20D,21D,22D,23D,24D,25D,26D,27D,40D,41D,42D. The predicted octanol–water partition coefficient (Wildman–Crippen LogP) is 17.6. The Morgan fingerprint density at radius 3 is 1.75 bits per heavy atom. The first kappa shape index (κ1) is 26.9. The van der Waals surface area contributed by atoms with Gasteiger partial charge in [0.2, 0.25) is 0 Å². The van der Waals surface area contributed by atoms with Crippen molar-refractivity contribution >= 4 is 32.8 Å². The molecular formula is C70H52N4O. The molecule has 0 N–H and O–H groups in total. The van der Waals surface area contributed by atoms with E-state index in [4.69, 9.17) is 28.9 Å². The van der Waals surface area contributed by atoms with Gasteiger partial charge in [0.05, 0.1) is 65.0 Å².